The van der Waals surface area contributed by atoms with Crippen LogP contribution in [-0.4, -0.2) is 18.4 Å². The maximum absolute atomic E-state index is 12.4. The minimum absolute atomic E-state index is 0.0996. The van der Waals surface area contributed by atoms with E-state index >= 15 is 0 Å². The van der Waals surface area contributed by atoms with Gasteiger partial charge in [-0.2, -0.15) is 0 Å². The number of rotatable bonds is 3. The van der Waals surface area contributed by atoms with Gasteiger partial charge in [0.25, 0.3) is 0 Å². The summed E-state index contributed by atoms with van der Waals surface area (Å²) >= 11 is 0. The summed E-state index contributed by atoms with van der Waals surface area (Å²) in [5.74, 6) is 0.542. The van der Waals surface area contributed by atoms with Crippen LogP contribution in [0.5, 0.6) is 0 Å². The third kappa shape index (κ3) is 2.23. The summed E-state index contributed by atoms with van der Waals surface area (Å²) < 4.78 is 24.8. The van der Waals surface area contributed by atoms with Gasteiger partial charge in [0.15, 0.2) is 5.03 Å². The fourth-order valence-corrected chi connectivity index (χ4v) is 3.10. The average molecular weight is 284 g/mol. The van der Waals surface area contributed by atoms with E-state index in [0.717, 1.165) is 5.56 Å². The van der Waals surface area contributed by atoms with Gasteiger partial charge in [0.05, 0.1) is 11.1 Å². The van der Waals surface area contributed by atoms with Gasteiger partial charge in [-0.05, 0) is 12.1 Å². The van der Waals surface area contributed by atoms with Gasteiger partial charge in [-0.3, -0.25) is 0 Å². The summed E-state index contributed by atoms with van der Waals surface area (Å²) in [6, 6.07) is 17.7. The molecule has 3 rings (SSSR count). The Hall–Kier alpha value is -2.40. The topological polar surface area (TPSA) is 62.8 Å². The molecule has 0 spiro atoms. The average Bonchev–Trinajstić information content (AvgIpc) is 3.00. The second-order valence-electron chi connectivity index (χ2n) is 4.28. The van der Waals surface area contributed by atoms with E-state index in [-0.39, 0.29) is 9.92 Å². The Kier molecular flexibility index (Phi) is 3.12. The van der Waals surface area contributed by atoms with Crippen molar-refractivity contribution in [1.29, 1.82) is 0 Å². The second-order valence-corrected chi connectivity index (χ2v) is 6.20. The van der Waals surface area contributed by atoms with E-state index in [1.54, 1.807) is 30.3 Å². The molecule has 0 bridgehead atoms. The Labute approximate surface area is 117 Å². The second kappa shape index (κ2) is 4.94. The molecule has 5 heteroatoms. The van der Waals surface area contributed by atoms with E-state index in [4.69, 9.17) is 0 Å². The maximum atomic E-state index is 12.4. The first-order valence-corrected chi connectivity index (χ1v) is 7.57. The molecule has 1 heterocycles. The number of nitrogens with zero attached hydrogens (tertiary/aromatic N) is 1. The van der Waals surface area contributed by atoms with E-state index in [1.165, 1.54) is 6.20 Å². The molecule has 100 valence electrons. The first-order chi connectivity index (χ1) is 9.68. The van der Waals surface area contributed by atoms with Crippen LogP contribution in [0.15, 0.2) is 76.8 Å². The number of nitrogens with one attached hydrogen (secondary N) is 1. The van der Waals surface area contributed by atoms with Crippen molar-refractivity contribution in [3.8, 4) is 11.4 Å². The van der Waals surface area contributed by atoms with Crippen LogP contribution in [0.25, 0.3) is 11.4 Å². The molecule has 3 aromatic rings. The van der Waals surface area contributed by atoms with Crippen molar-refractivity contribution in [3.63, 3.8) is 0 Å². The molecule has 0 saturated carbocycles. The Bertz CT molecular complexity index is 809. The first-order valence-electron chi connectivity index (χ1n) is 6.08. The number of aromatic amines is 1. The Morgan fingerprint density at radius 3 is 2.10 bits per heavy atom. The van der Waals surface area contributed by atoms with Gasteiger partial charge in [0.1, 0.15) is 5.82 Å². The predicted molar refractivity (Wildman–Crippen MR) is 75.9 cm³/mol. The van der Waals surface area contributed by atoms with Gasteiger partial charge in [-0.15, -0.1) is 0 Å². The molecule has 1 aromatic heterocycles. The van der Waals surface area contributed by atoms with Crippen molar-refractivity contribution in [1.82, 2.24) is 9.97 Å². The Balaban J connectivity index is 2.03. The smallest absolute Gasteiger partial charge is 0.223 e. The molecule has 0 aliphatic rings. The molecule has 0 fully saturated rings. The molecule has 0 amide bonds. The van der Waals surface area contributed by atoms with Gasteiger partial charge in [-0.25, -0.2) is 13.4 Å². The molecule has 0 atom stereocenters. The van der Waals surface area contributed by atoms with Gasteiger partial charge in [0, 0.05) is 5.56 Å². The van der Waals surface area contributed by atoms with Crippen LogP contribution in [0.2, 0.25) is 0 Å². The monoisotopic (exact) mass is 284 g/mol. The number of imidazole rings is 1. The fraction of sp³-hybridized carbons (Fsp3) is 0. The maximum Gasteiger partial charge on any atom is 0.223 e. The quantitative estimate of drug-likeness (QED) is 0.804. The molecular weight excluding hydrogens is 272 g/mol. The highest BCUT2D eigenvalue weighted by Crippen LogP contribution is 2.22. The largest absolute Gasteiger partial charge is 0.329 e. The van der Waals surface area contributed by atoms with Gasteiger partial charge in [0.2, 0.25) is 9.84 Å². The van der Waals surface area contributed by atoms with Crippen molar-refractivity contribution in [2.75, 3.05) is 0 Å². The zero-order valence-corrected chi connectivity index (χ0v) is 11.3. The van der Waals surface area contributed by atoms with Crippen LogP contribution in [0, 0.1) is 0 Å². The molecule has 4 nitrogen and oxygen atoms in total. The highest BCUT2D eigenvalue weighted by atomic mass is 32.2. The van der Waals surface area contributed by atoms with E-state index < -0.39 is 9.84 Å². The molecular formula is C15H12N2O2S. The van der Waals surface area contributed by atoms with Crippen molar-refractivity contribution in [2.45, 2.75) is 9.92 Å². The Morgan fingerprint density at radius 2 is 1.45 bits per heavy atom. The lowest BCUT2D eigenvalue weighted by molar-refractivity contribution is 0.593. The summed E-state index contributed by atoms with van der Waals surface area (Å²) in [6.45, 7) is 0. The Morgan fingerprint density at radius 1 is 0.850 bits per heavy atom. The first kappa shape index (κ1) is 12.6. The number of benzene rings is 2. The minimum Gasteiger partial charge on any atom is -0.329 e. The zero-order chi connectivity index (χ0) is 14.0. The van der Waals surface area contributed by atoms with E-state index in [2.05, 4.69) is 9.97 Å². The van der Waals surface area contributed by atoms with Crippen LogP contribution in [0.4, 0.5) is 0 Å². The lowest BCUT2D eigenvalue weighted by Crippen LogP contribution is -2.01. The molecule has 0 aliphatic carbocycles. The highest BCUT2D eigenvalue weighted by molar-refractivity contribution is 7.91. The van der Waals surface area contributed by atoms with Crippen molar-refractivity contribution in [2.24, 2.45) is 0 Å². The van der Waals surface area contributed by atoms with Crippen LogP contribution in [0.3, 0.4) is 0 Å². The molecule has 0 radical (unpaired) electrons. The van der Waals surface area contributed by atoms with E-state index in [1.807, 2.05) is 30.3 Å². The molecule has 0 unspecified atom stereocenters. The van der Waals surface area contributed by atoms with E-state index in [0.29, 0.717) is 5.82 Å². The number of aromatic nitrogens is 2. The predicted octanol–water partition coefficient (Wildman–Crippen LogP) is 2.91. The molecule has 2 aromatic carbocycles. The van der Waals surface area contributed by atoms with Crippen LogP contribution in [-0.2, 0) is 9.84 Å². The number of hydrogen-bond acceptors (Lipinski definition) is 3. The molecule has 0 saturated heterocycles. The van der Waals surface area contributed by atoms with Gasteiger partial charge >= 0.3 is 0 Å². The van der Waals surface area contributed by atoms with Gasteiger partial charge < -0.3 is 4.98 Å². The van der Waals surface area contributed by atoms with Crippen molar-refractivity contribution >= 4 is 9.84 Å². The number of sulfone groups is 1. The fourth-order valence-electron chi connectivity index (χ4n) is 1.91. The van der Waals surface area contributed by atoms with Gasteiger partial charge in [-0.1, -0.05) is 48.5 Å². The van der Waals surface area contributed by atoms with E-state index in [9.17, 15) is 8.42 Å². The normalized spacial score (nSPS) is 11.4. The lowest BCUT2D eigenvalue weighted by atomic mass is 10.2. The van der Waals surface area contributed by atoms with Crippen LogP contribution >= 0.6 is 0 Å². The van der Waals surface area contributed by atoms with Crippen LogP contribution in [0.1, 0.15) is 0 Å². The summed E-state index contributed by atoms with van der Waals surface area (Å²) in [5, 5.41) is 0.0996. The molecule has 20 heavy (non-hydrogen) atoms. The van der Waals surface area contributed by atoms with Crippen LogP contribution < -0.4 is 0 Å². The summed E-state index contributed by atoms with van der Waals surface area (Å²) in [4.78, 5) is 7.27. The van der Waals surface area contributed by atoms with Crippen molar-refractivity contribution < 1.29 is 8.42 Å². The minimum atomic E-state index is -3.54. The molecule has 0 aliphatic heterocycles. The van der Waals surface area contributed by atoms with Crippen molar-refractivity contribution in [3.05, 3.63) is 66.9 Å². The summed E-state index contributed by atoms with van der Waals surface area (Å²) in [5.41, 5.74) is 0.849. The standard InChI is InChI=1S/C15H12N2O2S/c18-20(19,13-9-5-2-6-10-13)14-11-16-15(17-14)12-7-3-1-4-8-12/h1-11H,(H,16,17). The summed E-state index contributed by atoms with van der Waals surface area (Å²) in [6.07, 6.45) is 1.35. The SMILES string of the molecule is O=S(=O)(c1ccccc1)c1cnc(-c2ccccc2)[nH]1. The summed E-state index contributed by atoms with van der Waals surface area (Å²) in [7, 11) is -3.54. The number of hydrogen-bond donors (Lipinski definition) is 1. The zero-order valence-electron chi connectivity index (χ0n) is 10.5. The highest BCUT2D eigenvalue weighted by Gasteiger charge is 2.20. The lowest BCUT2D eigenvalue weighted by Gasteiger charge is -2.01. The number of H-pyrrole nitrogens is 1. The third-order valence-corrected chi connectivity index (χ3v) is 4.62. The third-order valence-electron chi connectivity index (χ3n) is 2.94. The molecule has 1 N–H and O–H groups in total.